The number of pyridine rings is 2. The van der Waals surface area contributed by atoms with E-state index in [1.54, 1.807) is 0 Å². The van der Waals surface area contributed by atoms with Gasteiger partial charge in [0.05, 0.1) is 11.4 Å². The molecule has 0 atom stereocenters. The van der Waals surface area contributed by atoms with Crippen LogP contribution in [0.2, 0.25) is 0 Å². The zero-order valence-corrected chi connectivity index (χ0v) is 15.1. The van der Waals surface area contributed by atoms with Gasteiger partial charge in [-0.15, -0.1) is 0 Å². The molecule has 0 amide bonds. The molecule has 0 fully saturated rings. The molecule has 0 aliphatic rings. The molecule has 2 aromatic rings. The largest absolute Gasteiger partial charge is 0.483 e. The maximum Gasteiger partial charge on any atom is 0.290 e. The zero-order valence-electron chi connectivity index (χ0n) is 15.1. The van der Waals surface area contributed by atoms with Crippen LogP contribution in [0.1, 0.15) is 22.8 Å². The summed E-state index contributed by atoms with van der Waals surface area (Å²) in [5, 5.41) is 20.5. The molecule has 0 bridgehead atoms. The van der Waals surface area contributed by atoms with E-state index in [-0.39, 0.29) is 12.9 Å². The molecule has 2 aromatic heterocycles. The van der Waals surface area contributed by atoms with E-state index in [0.717, 1.165) is 49.0 Å². The maximum atomic E-state index is 8.36. The van der Waals surface area contributed by atoms with Crippen LogP contribution in [0.3, 0.4) is 0 Å². The number of nitrogens with zero attached hydrogens (tertiary/aromatic N) is 2. The SMILES string of the molecule is Cc1cccc(CNCCNCc2cccc(C)n2)n1.O=CO.O=CO. The lowest BCUT2D eigenvalue weighted by Gasteiger charge is -2.07. The molecule has 8 nitrogen and oxygen atoms in total. The average molecular weight is 362 g/mol. The average Bonchev–Trinajstić information content (AvgIpc) is 2.59. The van der Waals surface area contributed by atoms with Crippen molar-refractivity contribution in [1.29, 1.82) is 0 Å². The van der Waals surface area contributed by atoms with Crippen LogP contribution >= 0.6 is 0 Å². The molecule has 0 spiro atoms. The highest BCUT2D eigenvalue weighted by atomic mass is 16.3. The van der Waals surface area contributed by atoms with Gasteiger partial charge in [-0.2, -0.15) is 0 Å². The summed E-state index contributed by atoms with van der Waals surface area (Å²) in [6, 6.07) is 12.2. The monoisotopic (exact) mass is 362 g/mol. The lowest BCUT2D eigenvalue weighted by atomic mass is 10.3. The number of carboxylic acid groups (broad SMARTS) is 2. The van der Waals surface area contributed by atoms with Crippen molar-refractivity contribution in [1.82, 2.24) is 20.6 Å². The second kappa shape index (κ2) is 15.7. The zero-order chi connectivity index (χ0) is 19.6. The first-order chi connectivity index (χ1) is 12.6. The van der Waals surface area contributed by atoms with E-state index in [1.807, 2.05) is 50.2 Å². The van der Waals surface area contributed by atoms with E-state index < -0.39 is 0 Å². The molecule has 0 aromatic carbocycles. The summed E-state index contributed by atoms with van der Waals surface area (Å²) < 4.78 is 0. The molecule has 0 aliphatic carbocycles. The van der Waals surface area contributed by atoms with Gasteiger partial charge in [-0.1, -0.05) is 12.1 Å². The summed E-state index contributed by atoms with van der Waals surface area (Å²) in [6.45, 7) is 6.99. The van der Waals surface area contributed by atoms with Gasteiger partial charge in [0, 0.05) is 37.6 Å². The van der Waals surface area contributed by atoms with Crippen molar-refractivity contribution < 1.29 is 19.8 Å². The van der Waals surface area contributed by atoms with Crippen LogP contribution in [0.5, 0.6) is 0 Å². The van der Waals surface area contributed by atoms with Crippen molar-refractivity contribution in [2.75, 3.05) is 13.1 Å². The molecule has 142 valence electrons. The highest BCUT2D eigenvalue weighted by molar-refractivity contribution is 5.33. The minimum absolute atomic E-state index is 0.250. The Labute approximate surface area is 153 Å². The molecular formula is C18H26N4O4. The van der Waals surface area contributed by atoms with Gasteiger partial charge in [0.25, 0.3) is 12.9 Å². The molecular weight excluding hydrogens is 336 g/mol. The van der Waals surface area contributed by atoms with Gasteiger partial charge in [-0.05, 0) is 38.1 Å². The Bertz CT molecular complexity index is 583. The lowest BCUT2D eigenvalue weighted by molar-refractivity contribution is -0.123. The van der Waals surface area contributed by atoms with Crippen molar-refractivity contribution in [2.24, 2.45) is 0 Å². The highest BCUT2D eigenvalue weighted by Gasteiger charge is 1.96. The quantitative estimate of drug-likeness (QED) is 0.430. The predicted octanol–water partition coefficient (Wildman–Crippen LogP) is 1.37. The van der Waals surface area contributed by atoms with Crippen LogP contribution in [-0.2, 0) is 22.7 Å². The molecule has 0 aliphatic heterocycles. The smallest absolute Gasteiger partial charge is 0.290 e. The standard InChI is InChI=1S/C16H22N4.2CH2O2/c1-13-5-3-7-15(19-13)11-17-9-10-18-12-16-8-4-6-14(2)20-16;2*2-1-3/h3-8,17-18H,9-12H2,1-2H3;2*1H,(H,2,3). The normalized spacial score (nSPS) is 9.15. The summed E-state index contributed by atoms with van der Waals surface area (Å²) in [4.78, 5) is 25.6. The molecule has 26 heavy (non-hydrogen) atoms. The van der Waals surface area contributed by atoms with Gasteiger partial charge in [-0.25, -0.2) is 0 Å². The summed E-state index contributed by atoms with van der Waals surface area (Å²) in [7, 11) is 0. The van der Waals surface area contributed by atoms with Crippen molar-refractivity contribution in [2.45, 2.75) is 26.9 Å². The molecule has 4 N–H and O–H groups in total. The molecule has 0 unspecified atom stereocenters. The van der Waals surface area contributed by atoms with Gasteiger partial charge < -0.3 is 20.8 Å². The molecule has 0 saturated heterocycles. The van der Waals surface area contributed by atoms with Crippen LogP contribution in [0.4, 0.5) is 0 Å². The van der Waals surface area contributed by atoms with Crippen molar-refractivity contribution in [3.63, 3.8) is 0 Å². The van der Waals surface area contributed by atoms with Gasteiger partial charge in [0.2, 0.25) is 0 Å². The first-order valence-corrected chi connectivity index (χ1v) is 7.99. The van der Waals surface area contributed by atoms with Crippen LogP contribution in [-0.4, -0.2) is 46.2 Å². The molecule has 2 heterocycles. The Hall–Kier alpha value is -2.84. The Kier molecular flexibility index (Phi) is 14.0. The number of aromatic nitrogens is 2. The second-order valence-corrected chi connectivity index (χ2v) is 5.10. The summed E-state index contributed by atoms with van der Waals surface area (Å²) in [5.74, 6) is 0. The molecule has 2 rings (SSSR count). The van der Waals surface area contributed by atoms with Crippen molar-refractivity contribution in [3.05, 3.63) is 59.2 Å². The van der Waals surface area contributed by atoms with E-state index in [1.165, 1.54) is 0 Å². The Morgan fingerprint density at radius 1 is 0.808 bits per heavy atom. The minimum Gasteiger partial charge on any atom is -0.483 e. The predicted molar refractivity (Wildman–Crippen MR) is 98.7 cm³/mol. The number of hydrogen-bond acceptors (Lipinski definition) is 6. The number of carbonyl (C=O) groups is 2. The Balaban J connectivity index is 0.000000918. The van der Waals surface area contributed by atoms with Crippen molar-refractivity contribution >= 4 is 12.9 Å². The first kappa shape index (κ1) is 23.2. The topological polar surface area (TPSA) is 124 Å². The molecule has 8 heteroatoms. The second-order valence-electron chi connectivity index (χ2n) is 5.10. The van der Waals surface area contributed by atoms with Gasteiger partial charge in [-0.3, -0.25) is 19.6 Å². The fourth-order valence-corrected chi connectivity index (χ4v) is 2.01. The van der Waals surface area contributed by atoms with Crippen LogP contribution in [0, 0.1) is 13.8 Å². The summed E-state index contributed by atoms with van der Waals surface area (Å²) in [5.41, 5.74) is 4.30. The first-order valence-electron chi connectivity index (χ1n) is 7.99. The van der Waals surface area contributed by atoms with E-state index in [9.17, 15) is 0 Å². The summed E-state index contributed by atoms with van der Waals surface area (Å²) in [6.07, 6.45) is 0. The maximum absolute atomic E-state index is 8.36. The molecule has 0 radical (unpaired) electrons. The Morgan fingerprint density at radius 3 is 1.46 bits per heavy atom. The third-order valence-electron chi connectivity index (χ3n) is 2.98. The van der Waals surface area contributed by atoms with Crippen LogP contribution in [0.25, 0.3) is 0 Å². The van der Waals surface area contributed by atoms with Gasteiger partial charge in [0.1, 0.15) is 0 Å². The van der Waals surface area contributed by atoms with E-state index >= 15 is 0 Å². The van der Waals surface area contributed by atoms with E-state index in [0.29, 0.717) is 0 Å². The van der Waals surface area contributed by atoms with Crippen LogP contribution in [0.15, 0.2) is 36.4 Å². The number of hydrogen-bond donors (Lipinski definition) is 4. The third-order valence-corrected chi connectivity index (χ3v) is 2.98. The minimum atomic E-state index is -0.250. The fourth-order valence-electron chi connectivity index (χ4n) is 2.01. The van der Waals surface area contributed by atoms with Crippen LogP contribution < -0.4 is 10.6 Å². The van der Waals surface area contributed by atoms with E-state index in [2.05, 4.69) is 20.6 Å². The molecule has 0 saturated carbocycles. The highest BCUT2D eigenvalue weighted by Crippen LogP contribution is 1.98. The van der Waals surface area contributed by atoms with Crippen molar-refractivity contribution in [3.8, 4) is 0 Å². The van der Waals surface area contributed by atoms with Gasteiger partial charge in [0.15, 0.2) is 0 Å². The van der Waals surface area contributed by atoms with E-state index in [4.69, 9.17) is 19.8 Å². The number of nitrogens with one attached hydrogen (secondary N) is 2. The lowest BCUT2D eigenvalue weighted by Crippen LogP contribution is -2.27. The van der Waals surface area contributed by atoms with Gasteiger partial charge >= 0.3 is 0 Å². The Morgan fingerprint density at radius 2 is 1.15 bits per heavy atom. The number of rotatable bonds is 7. The summed E-state index contributed by atoms with van der Waals surface area (Å²) >= 11 is 0. The fraction of sp³-hybridized carbons (Fsp3) is 0.333. The third kappa shape index (κ3) is 12.6. The number of aryl methyl sites for hydroxylation is 2.